The minimum absolute atomic E-state index is 0.126. The molecule has 1 heterocycles. The van der Waals surface area contributed by atoms with E-state index in [-0.39, 0.29) is 22.6 Å². The van der Waals surface area contributed by atoms with Crippen molar-refractivity contribution in [1.29, 1.82) is 0 Å². The van der Waals surface area contributed by atoms with Gasteiger partial charge in [0.25, 0.3) is 17.7 Å². The smallest absolute Gasteiger partial charge is 0.338 e. The molecule has 152 valence electrons. The Morgan fingerprint density at radius 2 is 1.68 bits per heavy atom. The van der Waals surface area contributed by atoms with E-state index in [9.17, 15) is 19.2 Å². The van der Waals surface area contributed by atoms with Crippen LogP contribution in [0.15, 0.2) is 18.2 Å². The Hall–Kier alpha value is -2.70. The third-order valence-electron chi connectivity index (χ3n) is 4.29. The molecule has 7 nitrogen and oxygen atoms in total. The van der Waals surface area contributed by atoms with Gasteiger partial charge in [-0.3, -0.25) is 19.3 Å². The normalized spacial score (nSPS) is 14.9. The summed E-state index contributed by atoms with van der Waals surface area (Å²) in [6.07, 6.45) is -0.277. The molecule has 1 aliphatic heterocycles. The molecule has 1 atom stereocenters. The third-order valence-corrected chi connectivity index (χ3v) is 4.29. The van der Waals surface area contributed by atoms with Crippen LogP contribution in [0.2, 0.25) is 0 Å². The molecule has 7 heteroatoms. The molecular weight excluding hydrogens is 360 g/mol. The van der Waals surface area contributed by atoms with Crippen molar-refractivity contribution in [3.63, 3.8) is 0 Å². The average molecular weight is 388 g/mol. The fourth-order valence-corrected chi connectivity index (χ4v) is 2.76. The molecule has 0 saturated carbocycles. The largest absolute Gasteiger partial charge is 0.449 e. The maximum atomic E-state index is 12.6. The second-order valence-corrected chi connectivity index (χ2v) is 8.49. The van der Waals surface area contributed by atoms with Crippen molar-refractivity contribution in [3.8, 4) is 0 Å². The summed E-state index contributed by atoms with van der Waals surface area (Å²) in [7, 11) is 0. The van der Waals surface area contributed by atoms with Crippen LogP contribution in [0.4, 0.5) is 0 Å². The molecule has 28 heavy (non-hydrogen) atoms. The van der Waals surface area contributed by atoms with Crippen LogP contribution in [0.25, 0.3) is 0 Å². The van der Waals surface area contributed by atoms with Gasteiger partial charge in [-0.1, -0.05) is 13.8 Å². The molecule has 0 unspecified atom stereocenters. The summed E-state index contributed by atoms with van der Waals surface area (Å²) < 4.78 is 5.21. The highest BCUT2D eigenvalue weighted by atomic mass is 16.5. The summed E-state index contributed by atoms with van der Waals surface area (Å²) in [5.41, 5.74) is 0.150. The Bertz CT molecular complexity index is 808. The van der Waals surface area contributed by atoms with E-state index >= 15 is 0 Å². The van der Waals surface area contributed by atoms with Gasteiger partial charge in [0.05, 0.1) is 16.7 Å². The van der Waals surface area contributed by atoms with Crippen LogP contribution in [0.1, 0.15) is 79.0 Å². The standard InChI is InChI=1S/C21H28N2O5/c1-12(2)9-10-23-18(25)15-8-7-14(11-16(15)19(23)26)20(27)28-13(3)17(24)22-21(4,5)6/h7-8,11-13H,9-10H2,1-6H3,(H,22,24)/t13-/m1/s1. The molecule has 0 fully saturated rings. The lowest BCUT2D eigenvalue weighted by atomic mass is 10.1. The van der Waals surface area contributed by atoms with Gasteiger partial charge in [-0.25, -0.2) is 4.79 Å². The van der Waals surface area contributed by atoms with E-state index in [0.29, 0.717) is 18.9 Å². The van der Waals surface area contributed by atoms with Crippen LogP contribution in [-0.2, 0) is 9.53 Å². The quantitative estimate of drug-likeness (QED) is 0.597. The van der Waals surface area contributed by atoms with E-state index < -0.39 is 29.4 Å². The average Bonchev–Trinajstić information content (AvgIpc) is 2.81. The van der Waals surface area contributed by atoms with Gasteiger partial charge in [-0.15, -0.1) is 0 Å². The van der Waals surface area contributed by atoms with Gasteiger partial charge >= 0.3 is 5.97 Å². The Morgan fingerprint density at radius 3 is 2.25 bits per heavy atom. The van der Waals surface area contributed by atoms with Crippen molar-refractivity contribution in [3.05, 3.63) is 34.9 Å². The van der Waals surface area contributed by atoms with E-state index in [1.54, 1.807) is 0 Å². The van der Waals surface area contributed by atoms with Crippen molar-refractivity contribution in [1.82, 2.24) is 10.2 Å². The number of nitrogens with zero attached hydrogens (tertiary/aromatic N) is 1. The van der Waals surface area contributed by atoms with Gasteiger partial charge in [-0.2, -0.15) is 0 Å². The van der Waals surface area contributed by atoms with Crippen LogP contribution in [0.3, 0.4) is 0 Å². The molecule has 1 aromatic carbocycles. The summed E-state index contributed by atoms with van der Waals surface area (Å²) in [6.45, 7) is 11.3. The van der Waals surface area contributed by atoms with Crippen molar-refractivity contribution < 1.29 is 23.9 Å². The lowest BCUT2D eigenvalue weighted by Crippen LogP contribution is -2.46. The van der Waals surface area contributed by atoms with Gasteiger partial charge in [0, 0.05) is 12.1 Å². The van der Waals surface area contributed by atoms with Crippen molar-refractivity contribution in [2.75, 3.05) is 6.54 Å². The molecule has 0 saturated heterocycles. The first kappa shape index (κ1) is 21.6. The number of esters is 1. The molecule has 0 spiro atoms. The van der Waals surface area contributed by atoms with Gasteiger partial charge in [0.1, 0.15) is 0 Å². The van der Waals surface area contributed by atoms with Crippen LogP contribution in [0.5, 0.6) is 0 Å². The zero-order valence-corrected chi connectivity index (χ0v) is 17.3. The number of rotatable bonds is 6. The number of carbonyl (C=O) groups excluding carboxylic acids is 4. The molecule has 1 aliphatic rings. The van der Waals surface area contributed by atoms with E-state index in [1.165, 1.54) is 30.0 Å². The number of nitrogens with one attached hydrogen (secondary N) is 1. The molecule has 0 radical (unpaired) electrons. The lowest BCUT2D eigenvalue weighted by molar-refractivity contribution is -0.130. The number of carbonyl (C=O) groups is 4. The summed E-state index contributed by atoms with van der Waals surface area (Å²) in [5.74, 6) is -1.53. The Morgan fingerprint density at radius 1 is 1.07 bits per heavy atom. The summed E-state index contributed by atoms with van der Waals surface area (Å²) >= 11 is 0. The van der Waals surface area contributed by atoms with Crippen LogP contribution in [-0.4, -0.2) is 46.8 Å². The van der Waals surface area contributed by atoms with Crippen LogP contribution in [0, 0.1) is 5.92 Å². The number of imide groups is 1. The fraction of sp³-hybridized carbons (Fsp3) is 0.524. The molecule has 0 aromatic heterocycles. The Balaban J connectivity index is 2.12. The molecule has 1 aromatic rings. The summed E-state index contributed by atoms with van der Waals surface area (Å²) in [4.78, 5) is 50.7. The number of benzene rings is 1. The highest BCUT2D eigenvalue weighted by molar-refractivity contribution is 6.22. The first-order valence-electron chi connectivity index (χ1n) is 9.44. The van der Waals surface area contributed by atoms with E-state index in [4.69, 9.17) is 4.74 Å². The van der Waals surface area contributed by atoms with Crippen molar-refractivity contribution >= 4 is 23.7 Å². The Labute approximate surface area is 165 Å². The second kappa shape index (κ2) is 8.12. The molecule has 0 bridgehead atoms. The molecule has 2 rings (SSSR count). The Kier molecular flexibility index (Phi) is 6.27. The maximum absolute atomic E-state index is 12.6. The summed E-state index contributed by atoms with van der Waals surface area (Å²) in [6, 6.07) is 4.26. The molecule has 0 aliphatic carbocycles. The first-order valence-corrected chi connectivity index (χ1v) is 9.44. The van der Waals surface area contributed by atoms with Crippen molar-refractivity contribution in [2.24, 2.45) is 5.92 Å². The maximum Gasteiger partial charge on any atom is 0.338 e. The zero-order chi connectivity index (χ0) is 21.2. The van der Waals surface area contributed by atoms with Crippen LogP contribution >= 0.6 is 0 Å². The first-order chi connectivity index (χ1) is 12.9. The predicted molar refractivity (Wildman–Crippen MR) is 104 cm³/mol. The topological polar surface area (TPSA) is 92.8 Å². The molecule has 1 N–H and O–H groups in total. The number of ether oxygens (including phenoxy) is 1. The van der Waals surface area contributed by atoms with Crippen LogP contribution < -0.4 is 5.32 Å². The second-order valence-electron chi connectivity index (χ2n) is 8.49. The molecule has 3 amide bonds. The summed E-state index contributed by atoms with van der Waals surface area (Å²) in [5, 5.41) is 2.74. The highest BCUT2D eigenvalue weighted by Gasteiger charge is 2.36. The van der Waals surface area contributed by atoms with E-state index in [2.05, 4.69) is 5.32 Å². The predicted octanol–water partition coefficient (Wildman–Crippen LogP) is 2.79. The van der Waals surface area contributed by atoms with Gasteiger partial charge < -0.3 is 10.1 Å². The monoisotopic (exact) mass is 388 g/mol. The third kappa shape index (κ3) is 4.97. The van der Waals surface area contributed by atoms with E-state index in [1.807, 2.05) is 34.6 Å². The zero-order valence-electron chi connectivity index (χ0n) is 17.3. The SMILES string of the molecule is CC(C)CCN1C(=O)c2ccc(C(=O)O[C@H](C)C(=O)NC(C)(C)C)cc2C1=O. The van der Waals surface area contributed by atoms with Gasteiger partial charge in [0.15, 0.2) is 6.10 Å². The fourth-order valence-electron chi connectivity index (χ4n) is 2.76. The number of amides is 3. The number of fused-ring (bicyclic) bond motifs is 1. The van der Waals surface area contributed by atoms with Gasteiger partial charge in [-0.05, 0) is 58.2 Å². The van der Waals surface area contributed by atoms with Crippen molar-refractivity contribution in [2.45, 2.75) is 59.6 Å². The minimum Gasteiger partial charge on any atom is -0.449 e. The lowest BCUT2D eigenvalue weighted by Gasteiger charge is -2.23. The number of hydrogen-bond acceptors (Lipinski definition) is 5. The van der Waals surface area contributed by atoms with E-state index in [0.717, 1.165) is 0 Å². The highest BCUT2D eigenvalue weighted by Crippen LogP contribution is 2.25. The minimum atomic E-state index is -0.986. The molecular formula is C21H28N2O5. The number of hydrogen-bond donors (Lipinski definition) is 1. The van der Waals surface area contributed by atoms with Gasteiger partial charge in [0.2, 0.25) is 0 Å².